The zero-order chi connectivity index (χ0) is 47.9. The zero-order valence-electron chi connectivity index (χ0n) is 43.4. The van der Waals surface area contributed by atoms with Crippen LogP contribution in [0.5, 0.6) is 0 Å². The minimum Gasteiger partial charge on any atom is -0.462 e. The first-order chi connectivity index (χ1) is 32.5. The molecule has 0 aliphatic carbocycles. The van der Waals surface area contributed by atoms with Gasteiger partial charge >= 0.3 is 17.9 Å². The maximum Gasteiger partial charge on any atom is 0.306 e. The van der Waals surface area contributed by atoms with Crippen LogP contribution in [0.2, 0.25) is 0 Å². The third-order valence-electron chi connectivity index (χ3n) is 12.0. The van der Waals surface area contributed by atoms with Gasteiger partial charge in [0, 0.05) is 19.3 Å². The van der Waals surface area contributed by atoms with Gasteiger partial charge in [-0.2, -0.15) is 0 Å². The largest absolute Gasteiger partial charge is 0.462 e. The van der Waals surface area contributed by atoms with Crippen molar-refractivity contribution < 1.29 is 28.6 Å². The lowest BCUT2D eigenvalue weighted by Crippen LogP contribution is -2.30. The van der Waals surface area contributed by atoms with Crippen LogP contribution in [0.3, 0.4) is 0 Å². The smallest absolute Gasteiger partial charge is 0.306 e. The summed E-state index contributed by atoms with van der Waals surface area (Å²) < 4.78 is 16.8. The van der Waals surface area contributed by atoms with E-state index in [0.29, 0.717) is 12.8 Å². The van der Waals surface area contributed by atoms with Crippen molar-refractivity contribution in [2.24, 2.45) is 0 Å². The van der Waals surface area contributed by atoms with Crippen LogP contribution < -0.4 is 0 Å². The fourth-order valence-electron chi connectivity index (χ4n) is 7.82. The normalized spacial score (nSPS) is 12.6. The molecule has 0 amide bonds. The summed E-state index contributed by atoms with van der Waals surface area (Å²) >= 11 is 0. The molecule has 380 valence electrons. The molecule has 0 aromatic heterocycles. The van der Waals surface area contributed by atoms with E-state index in [-0.39, 0.29) is 37.5 Å². The van der Waals surface area contributed by atoms with Crippen molar-refractivity contribution in [3.8, 4) is 0 Å². The van der Waals surface area contributed by atoms with E-state index in [0.717, 1.165) is 109 Å². The Bertz CT molecular complexity index is 1240. The van der Waals surface area contributed by atoms with Crippen molar-refractivity contribution in [1.29, 1.82) is 0 Å². The fourth-order valence-corrected chi connectivity index (χ4v) is 7.82. The Balaban J connectivity index is 4.31. The number of esters is 3. The van der Waals surface area contributed by atoms with Gasteiger partial charge < -0.3 is 14.2 Å². The molecule has 0 heterocycles. The van der Waals surface area contributed by atoms with Gasteiger partial charge in [-0.15, -0.1) is 0 Å². The lowest BCUT2D eigenvalue weighted by Gasteiger charge is -2.18. The Morgan fingerprint density at radius 2 is 0.591 bits per heavy atom. The summed E-state index contributed by atoms with van der Waals surface area (Å²) in [6.45, 7) is 6.38. The first-order valence-corrected chi connectivity index (χ1v) is 27.9. The third-order valence-corrected chi connectivity index (χ3v) is 12.0. The van der Waals surface area contributed by atoms with Gasteiger partial charge in [0.25, 0.3) is 0 Å². The van der Waals surface area contributed by atoms with Crippen LogP contribution in [0.1, 0.15) is 271 Å². The topological polar surface area (TPSA) is 78.9 Å². The predicted octanol–water partition coefficient (Wildman–Crippen LogP) is 18.6. The molecule has 0 bridgehead atoms. The summed E-state index contributed by atoms with van der Waals surface area (Å²) in [5.41, 5.74) is 0. The van der Waals surface area contributed by atoms with Crippen LogP contribution in [0.15, 0.2) is 72.9 Å². The minimum atomic E-state index is -0.801. The van der Waals surface area contributed by atoms with Crippen LogP contribution >= 0.6 is 0 Å². The van der Waals surface area contributed by atoms with Crippen LogP contribution in [0.25, 0.3) is 0 Å². The van der Waals surface area contributed by atoms with Gasteiger partial charge in [0.1, 0.15) is 13.2 Å². The molecule has 0 saturated carbocycles. The van der Waals surface area contributed by atoms with E-state index >= 15 is 0 Å². The lowest BCUT2D eigenvalue weighted by molar-refractivity contribution is -0.167. The molecule has 0 N–H and O–H groups in total. The summed E-state index contributed by atoms with van der Waals surface area (Å²) in [5.74, 6) is -0.949. The van der Waals surface area contributed by atoms with Crippen molar-refractivity contribution in [2.75, 3.05) is 13.2 Å². The van der Waals surface area contributed by atoms with Gasteiger partial charge in [-0.1, -0.05) is 241 Å². The molecule has 1 atom stereocenters. The number of hydrogen-bond acceptors (Lipinski definition) is 6. The van der Waals surface area contributed by atoms with E-state index in [1.165, 1.54) is 122 Å². The van der Waals surface area contributed by atoms with Crippen molar-refractivity contribution >= 4 is 17.9 Å². The molecule has 0 spiro atoms. The summed E-state index contributed by atoms with van der Waals surface area (Å²) in [7, 11) is 0. The molecule has 0 fully saturated rings. The summed E-state index contributed by atoms with van der Waals surface area (Å²) in [6.07, 6.45) is 69.1. The van der Waals surface area contributed by atoms with Gasteiger partial charge in [-0.25, -0.2) is 0 Å². The van der Waals surface area contributed by atoms with Gasteiger partial charge in [0.2, 0.25) is 0 Å². The van der Waals surface area contributed by atoms with Crippen LogP contribution in [0.4, 0.5) is 0 Å². The second kappa shape index (κ2) is 54.5. The Morgan fingerprint density at radius 1 is 0.318 bits per heavy atom. The monoisotopic (exact) mass is 921 g/mol. The summed E-state index contributed by atoms with van der Waals surface area (Å²) in [4.78, 5) is 38.0. The number of ether oxygens (including phenoxy) is 3. The maximum atomic E-state index is 12.8. The van der Waals surface area contributed by atoms with Crippen molar-refractivity contribution in [3.05, 3.63) is 72.9 Å². The standard InChI is InChI=1S/C60H104O6/c1-4-7-10-13-16-19-22-25-26-27-28-29-30-31-32-33-36-38-41-44-47-50-53-59(62)65-56-57(66-60(63)54-51-48-45-42-39-35-24-21-18-15-12-9-6-3)55-64-58(61)52-49-46-43-40-37-34-23-20-17-14-11-8-5-2/h8-9,11-12,17-18,20-21,34-35,37,39,57H,4-7,10,13-16,19,22-33,36,38,40-56H2,1-3H3/b11-8-,12-9-,20-17-,21-18-,37-34-,39-35-. The second-order valence-electron chi connectivity index (χ2n) is 18.4. The molecule has 0 saturated heterocycles. The number of allylic oxidation sites excluding steroid dienone is 12. The van der Waals surface area contributed by atoms with E-state index in [2.05, 4.69) is 93.7 Å². The van der Waals surface area contributed by atoms with Gasteiger partial charge in [-0.3, -0.25) is 14.4 Å². The number of unbranched alkanes of at least 4 members (excludes halogenated alkanes) is 27. The third kappa shape index (κ3) is 51.8. The summed E-state index contributed by atoms with van der Waals surface area (Å²) in [5, 5.41) is 0. The fraction of sp³-hybridized carbons (Fsp3) is 0.750. The molecule has 1 unspecified atom stereocenters. The maximum absolute atomic E-state index is 12.8. The Hall–Kier alpha value is -3.15. The first-order valence-electron chi connectivity index (χ1n) is 27.9. The molecule has 6 heteroatoms. The Kier molecular flexibility index (Phi) is 51.9. The number of carbonyl (C=O) groups is 3. The van der Waals surface area contributed by atoms with Crippen molar-refractivity contribution in [2.45, 2.75) is 277 Å². The molecule has 0 rings (SSSR count). The van der Waals surface area contributed by atoms with Crippen molar-refractivity contribution in [3.63, 3.8) is 0 Å². The van der Waals surface area contributed by atoms with Gasteiger partial charge in [-0.05, 0) is 83.5 Å². The summed E-state index contributed by atoms with van der Waals surface area (Å²) in [6, 6.07) is 0. The Labute approximate surface area is 408 Å². The highest BCUT2D eigenvalue weighted by molar-refractivity contribution is 5.71. The first kappa shape index (κ1) is 62.8. The molecule has 0 radical (unpaired) electrons. The highest BCUT2D eigenvalue weighted by Crippen LogP contribution is 2.16. The molecule has 0 aromatic carbocycles. The Morgan fingerprint density at radius 3 is 0.924 bits per heavy atom. The van der Waals surface area contributed by atoms with E-state index < -0.39 is 6.10 Å². The molecule has 0 aliphatic rings. The van der Waals surface area contributed by atoms with E-state index in [1.54, 1.807) is 0 Å². The minimum absolute atomic E-state index is 0.0950. The molecule has 6 nitrogen and oxygen atoms in total. The number of carbonyl (C=O) groups excluding carboxylic acids is 3. The second-order valence-corrected chi connectivity index (χ2v) is 18.4. The lowest BCUT2D eigenvalue weighted by atomic mass is 10.0. The average Bonchev–Trinajstić information content (AvgIpc) is 3.31. The van der Waals surface area contributed by atoms with E-state index in [4.69, 9.17) is 14.2 Å². The van der Waals surface area contributed by atoms with Crippen LogP contribution in [0, 0.1) is 0 Å². The average molecular weight is 921 g/mol. The van der Waals surface area contributed by atoms with E-state index in [1.807, 2.05) is 0 Å². The molecule has 0 aromatic rings. The van der Waals surface area contributed by atoms with E-state index in [9.17, 15) is 14.4 Å². The highest BCUT2D eigenvalue weighted by Gasteiger charge is 2.19. The quantitative estimate of drug-likeness (QED) is 0.0262. The number of hydrogen-bond donors (Lipinski definition) is 0. The van der Waals surface area contributed by atoms with Gasteiger partial charge in [0.05, 0.1) is 0 Å². The van der Waals surface area contributed by atoms with Crippen LogP contribution in [-0.4, -0.2) is 37.2 Å². The van der Waals surface area contributed by atoms with Crippen LogP contribution in [-0.2, 0) is 28.6 Å². The molecular formula is C60H104O6. The zero-order valence-corrected chi connectivity index (χ0v) is 43.4. The molecule has 0 aliphatic heterocycles. The predicted molar refractivity (Wildman–Crippen MR) is 284 cm³/mol. The molecule has 66 heavy (non-hydrogen) atoms. The van der Waals surface area contributed by atoms with Crippen molar-refractivity contribution in [1.82, 2.24) is 0 Å². The number of rotatable bonds is 50. The molecular weight excluding hydrogens is 817 g/mol. The SMILES string of the molecule is CC/C=C\C/C=C\C/C=C\CCCCCC(=O)OCC(COC(=O)CCCCCCCCCCCCCCCCCCCCCCCC)OC(=O)CCCCC/C=C\C/C=C\C/C=C\CC. The van der Waals surface area contributed by atoms with Gasteiger partial charge in [0.15, 0.2) is 6.10 Å². The highest BCUT2D eigenvalue weighted by atomic mass is 16.6.